The highest BCUT2D eigenvalue weighted by molar-refractivity contribution is 7.89. The number of hydrogen-bond acceptors (Lipinski definition) is 3. The van der Waals surface area contributed by atoms with E-state index >= 15 is 0 Å². The predicted octanol–water partition coefficient (Wildman–Crippen LogP) is 1.48. The fourth-order valence-corrected chi connectivity index (χ4v) is 3.56. The largest absolute Gasteiger partial charge is 0.313 e. The minimum Gasteiger partial charge on any atom is -0.313 e. The minimum atomic E-state index is -3.07. The van der Waals surface area contributed by atoms with E-state index < -0.39 is 10.0 Å². The van der Waals surface area contributed by atoms with Crippen molar-refractivity contribution in [1.82, 2.24) is 10.0 Å². The van der Waals surface area contributed by atoms with Gasteiger partial charge in [-0.25, -0.2) is 13.1 Å². The van der Waals surface area contributed by atoms with Gasteiger partial charge < -0.3 is 5.32 Å². The summed E-state index contributed by atoms with van der Waals surface area (Å²) in [5.74, 6) is 1.58. The molecule has 0 spiro atoms. The van der Waals surface area contributed by atoms with Crippen molar-refractivity contribution in [3.05, 3.63) is 0 Å². The molecule has 106 valence electrons. The molecule has 2 aliphatic carbocycles. The van der Waals surface area contributed by atoms with Crippen LogP contribution in [0.5, 0.6) is 0 Å². The molecule has 0 unspecified atom stereocenters. The van der Waals surface area contributed by atoms with E-state index in [-0.39, 0.29) is 5.75 Å². The molecule has 0 aromatic carbocycles. The first-order valence-corrected chi connectivity index (χ1v) is 8.91. The highest BCUT2D eigenvalue weighted by Gasteiger charge is 2.22. The standard InChI is InChI=1S/C13H26N2O2S/c1-11-2-4-12(5-3-11)10-15-18(16,17)9-8-14-13-6-7-13/h11-15H,2-10H2,1H3. The summed E-state index contributed by atoms with van der Waals surface area (Å²) in [7, 11) is -3.07. The molecule has 2 fully saturated rings. The van der Waals surface area contributed by atoms with E-state index in [0.717, 1.165) is 5.92 Å². The average molecular weight is 274 g/mol. The molecule has 4 nitrogen and oxygen atoms in total. The molecule has 0 heterocycles. The molecule has 2 N–H and O–H groups in total. The van der Waals surface area contributed by atoms with Crippen LogP contribution in [0, 0.1) is 11.8 Å². The Morgan fingerprint density at radius 1 is 1.06 bits per heavy atom. The van der Waals surface area contributed by atoms with E-state index in [1.54, 1.807) is 0 Å². The number of hydrogen-bond donors (Lipinski definition) is 2. The van der Waals surface area contributed by atoms with Gasteiger partial charge in [0, 0.05) is 19.1 Å². The smallest absolute Gasteiger partial charge is 0.212 e. The fraction of sp³-hybridized carbons (Fsp3) is 1.00. The molecule has 0 aromatic heterocycles. The van der Waals surface area contributed by atoms with Gasteiger partial charge in [-0.3, -0.25) is 0 Å². The summed E-state index contributed by atoms with van der Waals surface area (Å²) in [6.07, 6.45) is 7.24. The van der Waals surface area contributed by atoms with Crippen molar-refractivity contribution in [2.75, 3.05) is 18.8 Å². The van der Waals surface area contributed by atoms with Crippen LogP contribution >= 0.6 is 0 Å². The van der Waals surface area contributed by atoms with Crippen molar-refractivity contribution in [3.8, 4) is 0 Å². The highest BCUT2D eigenvalue weighted by atomic mass is 32.2. The van der Waals surface area contributed by atoms with Crippen LogP contribution in [0.4, 0.5) is 0 Å². The molecular weight excluding hydrogens is 248 g/mol. The molecule has 0 aromatic rings. The Balaban J connectivity index is 1.61. The van der Waals surface area contributed by atoms with Crippen LogP contribution in [-0.4, -0.2) is 33.3 Å². The molecule has 2 rings (SSSR count). The van der Waals surface area contributed by atoms with E-state index in [1.165, 1.54) is 38.5 Å². The van der Waals surface area contributed by atoms with Gasteiger partial charge in [0.1, 0.15) is 0 Å². The molecule has 0 atom stereocenters. The van der Waals surface area contributed by atoms with E-state index in [1.807, 2.05) is 0 Å². The summed E-state index contributed by atoms with van der Waals surface area (Å²) < 4.78 is 26.3. The summed E-state index contributed by atoms with van der Waals surface area (Å²) >= 11 is 0. The Morgan fingerprint density at radius 2 is 1.72 bits per heavy atom. The first kappa shape index (κ1) is 14.3. The molecule has 0 radical (unpaired) electrons. The third-order valence-corrected chi connectivity index (χ3v) is 5.46. The van der Waals surface area contributed by atoms with Gasteiger partial charge in [0.15, 0.2) is 0 Å². The summed E-state index contributed by atoms with van der Waals surface area (Å²) in [6.45, 7) is 3.50. The third-order valence-electron chi connectivity index (χ3n) is 4.11. The topological polar surface area (TPSA) is 58.2 Å². The van der Waals surface area contributed by atoms with Crippen LogP contribution in [0.1, 0.15) is 45.4 Å². The monoisotopic (exact) mass is 274 g/mol. The van der Waals surface area contributed by atoms with Crippen molar-refractivity contribution < 1.29 is 8.42 Å². The maximum absolute atomic E-state index is 11.8. The summed E-state index contributed by atoms with van der Waals surface area (Å²) in [6, 6.07) is 0.583. The van der Waals surface area contributed by atoms with E-state index in [0.29, 0.717) is 25.0 Å². The summed E-state index contributed by atoms with van der Waals surface area (Å²) in [4.78, 5) is 0. The van der Waals surface area contributed by atoms with Crippen LogP contribution in [0.15, 0.2) is 0 Å². The van der Waals surface area contributed by atoms with Gasteiger partial charge in [-0.2, -0.15) is 0 Å². The maximum atomic E-state index is 11.8. The molecule has 2 aliphatic rings. The first-order chi connectivity index (χ1) is 8.55. The van der Waals surface area contributed by atoms with Gasteiger partial charge in [0.25, 0.3) is 0 Å². The lowest BCUT2D eigenvalue weighted by Gasteiger charge is -2.26. The SMILES string of the molecule is CC1CCC(CNS(=O)(=O)CCNC2CC2)CC1. The third kappa shape index (κ3) is 5.24. The molecule has 2 saturated carbocycles. The predicted molar refractivity (Wildman–Crippen MR) is 73.9 cm³/mol. The lowest BCUT2D eigenvalue weighted by molar-refractivity contribution is 0.290. The molecule has 0 aliphatic heterocycles. The second kappa shape index (κ2) is 6.35. The van der Waals surface area contributed by atoms with Crippen LogP contribution in [0.2, 0.25) is 0 Å². The van der Waals surface area contributed by atoms with E-state index in [9.17, 15) is 8.42 Å². The molecule has 18 heavy (non-hydrogen) atoms. The zero-order chi connectivity index (χ0) is 13.0. The van der Waals surface area contributed by atoms with Gasteiger partial charge in [0.2, 0.25) is 10.0 Å². The first-order valence-electron chi connectivity index (χ1n) is 7.26. The van der Waals surface area contributed by atoms with Crippen LogP contribution in [0.25, 0.3) is 0 Å². The van der Waals surface area contributed by atoms with Crippen molar-refractivity contribution in [3.63, 3.8) is 0 Å². The minimum absolute atomic E-state index is 0.215. The molecule has 0 amide bonds. The highest BCUT2D eigenvalue weighted by Crippen LogP contribution is 2.27. The van der Waals surface area contributed by atoms with Crippen LogP contribution in [-0.2, 0) is 10.0 Å². The number of rotatable bonds is 7. The summed E-state index contributed by atoms with van der Waals surface area (Å²) in [5, 5.41) is 3.24. The van der Waals surface area contributed by atoms with Crippen LogP contribution < -0.4 is 10.0 Å². The average Bonchev–Trinajstić information content (AvgIpc) is 3.12. The molecular formula is C13H26N2O2S. The molecule has 0 bridgehead atoms. The Bertz CT molecular complexity index is 344. The zero-order valence-corrected chi connectivity index (χ0v) is 12.1. The van der Waals surface area contributed by atoms with Gasteiger partial charge in [-0.1, -0.05) is 19.8 Å². The van der Waals surface area contributed by atoms with Gasteiger partial charge >= 0.3 is 0 Å². The quantitative estimate of drug-likeness (QED) is 0.739. The normalized spacial score (nSPS) is 29.4. The lowest BCUT2D eigenvalue weighted by atomic mass is 9.83. The Hall–Kier alpha value is -0.130. The van der Waals surface area contributed by atoms with Crippen molar-refractivity contribution in [2.24, 2.45) is 11.8 Å². The maximum Gasteiger partial charge on any atom is 0.212 e. The van der Waals surface area contributed by atoms with Crippen molar-refractivity contribution >= 4 is 10.0 Å². The fourth-order valence-electron chi connectivity index (χ4n) is 2.54. The van der Waals surface area contributed by atoms with Gasteiger partial charge in [-0.05, 0) is 37.5 Å². The van der Waals surface area contributed by atoms with Crippen LogP contribution in [0.3, 0.4) is 0 Å². The summed E-state index contributed by atoms with van der Waals surface area (Å²) in [5.41, 5.74) is 0. The number of sulfonamides is 1. The zero-order valence-electron chi connectivity index (χ0n) is 11.3. The Labute approximate surface area is 111 Å². The van der Waals surface area contributed by atoms with E-state index in [2.05, 4.69) is 17.0 Å². The van der Waals surface area contributed by atoms with Crippen molar-refractivity contribution in [1.29, 1.82) is 0 Å². The Morgan fingerprint density at radius 3 is 2.33 bits per heavy atom. The molecule has 5 heteroatoms. The van der Waals surface area contributed by atoms with Crippen molar-refractivity contribution in [2.45, 2.75) is 51.5 Å². The van der Waals surface area contributed by atoms with Gasteiger partial charge in [0.05, 0.1) is 5.75 Å². The second-order valence-corrected chi connectivity index (χ2v) is 7.95. The lowest BCUT2D eigenvalue weighted by Crippen LogP contribution is -2.36. The number of nitrogens with one attached hydrogen (secondary N) is 2. The Kier molecular flexibility index (Phi) is 5.04. The molecule has 0 saturated heterocycles. The van der Waals surface area contributed by atoms with Gasteiger partial charge in [-0.15, -0.1) is 0 Å². The second-order valence-electron chi connectivity index (χ2n) is 6.02. The van der Waals surface area contributed by atoms with E-state index in [4.69, 9.17) is 0 Å².